The predicted octanol–water partition coefficient (Wildman–Crippen LogP) is 0.127. The predicted molar refractivity (Wildman–Crippen MR) is 64.5 cm³/mol. The van der Waals surface area contributed by atoms with Crippen LogP contribution in [0.25, 0.3) is 0 Å². The van der Waals surface area contributed by atoms with Gasteiger partial charge in [-0.15, -0.1) is 0 Å². The molecule has 0 N–H and O–H groups in total. The maximum Gasteiger partial charge on any atom is 0.394 e. The van der Waals surface area contributed by atoms with Crippen LogP contribution in [0.5, 0.6) is 0 Å². The first-order chi connectivity index (χ1) is 8.43. The molecule has 17 heavy (non-hydrogen) atoms. The molecule has 7 heteroatoms. The van der Waals surface area contributed by atoms with Crippen LogP contribution in [0, 0.1) is 0 Å². The molecule has 1 aliphatic rings. The highest BCUT2D eigenvalue weighted by molar-refractivity contribution is 6.47. The highest BCUT2D eigenvalue weighted by Gasteiger charge is 2.24. The lowest BCUT2D eigenvalue weighted by molar-refractivity contribution is 0.980. The van der Waals surface area contributed by atoms with E-state index in [-0.39, 0.29) is 0 Å². The molecule has 0 amide bonds. The first-order valence-corrected chi connectivity index (χ1v) is 5.34. The molecule has 2 aromatic heterocycles. The molecule has 3 rings (SSSR count). The third-order valence-electron chi connectivity index (χ3n) is 2.58. The van der Waals surface area contributed by atoms with Crippen LogP contribution < -0.4 is 9.62 Å². The van der Waals surface area contributed by atoms with Gasteiger partial charge in [-0.2, -0.15) is 0 Å². The molecule has 0 bridgehead atoms. The summed E-state index contributed by atoms with van der Waals surface area (Å²) in [5.74, 6) is 1.80. The van der Waals surface area contributed by atoms with Gasteiger partial charge in [0.15, 0.2) is 0 Å². The molecule has 83 valence electrons. The van der Waals surface area contributed by atoms with Gasteiger partial charge in [0, 0.05) is 25.5 Å². The molecule has 0 aromatic carbocycles. The van der Waals surface area contributed by atoms with Crippen molar-refractivity contribution in [2.24, 2.45) is 0 Å². The lowest BCUT2D eigenvalue weighted by Crippen LogP contribution is -2.30. The van der Waals surface area contributed by atoms with Crippen molar-refractivity contribution in [2.75, 3.05) is 22.7 Å². The van der Waals surface area contributed by atoms with E-state index in [1.54, 1.807) is 25.0 Å². The Morgan fingerprint density at radius 2 is 1.41 bits per heavy atom. The second kappa shape index (κ2) is 4.36. The summed E-state index contributed by atoms with van der Waals surface area (Å²) in [4.78, 5) is 20.4. The van der Waals surface area contributed by atoms with Gasteiger partial charge in [0.25, 0.3) is 0 Å². The van der Waals surface area contributed by atoms with E-state index >= 15 is 0 Å². The maximum absolute atomic E-state index is 4.21. The fourth-order valence-electron chi connectivity index (χ4n) is 1.75. The number of nitrogens with zero attached hydrogens (tertiary/aromatic N) is 6. The van der Waals surface area contributed by atoms with Crippen LogP contribution in [0.15, 0.2) is 37.2 Å². The van der Waals surface area contributed by atoms with Crippen LogP contribution in [0.3, 0.4) is 0 Å². The SMILES string of the molecule is [B]1N(c2ccncn2)CCN1c1ccncn1. The minimum Gasteiger partial charge on any atom is -0.382 e. The summed E-state index contributed by atoms with van der Waals surface area (Å²) in [6, 6.07) is 3.78. The van der Waals surface area contributed by atoms with Gasteiger partial charge in [0.2, 0.25) is 0 Å². The summed E-state index contributed by atoms with van der Waals surface area (Å²) < 4.78 is 0. The fraction of sp³-hybridized carbons (Fsp3) is 0.200. The number of rotatable bonds is 2. The van der Waals surface area contributed by atoms with Crippen molar-refractivity contribution in [2.45, 2.75) is 0 Å². The zero-order valence-corrected chi connectivity index (χ0v) is 9.14. The number of hydrogen-bond donors (Lipinski definition) is 0. The lowest BCUT2D eigenvalue weighted by atomic mass is 10.1. The van der Waals surface area contributed by atoms with Crippen molar-refractivity contribution in [3.63, 3.8) is 0 Å². The first kappa shape index (κ1) is 10.0. The Morgan fingerprint density at radius 3 is 1.82 bits per heavy atom. The number of anilines is 2. The molecule has 0 atom stereocenters. The minimum absolute atomic E-state index is 0.890. The maximum atomic E-state index is 4.21. The van der Waals surface area contributed by atoms with Gasteiger partial charge in [-0.1, -0.05) is 0 Å². The molecular formula is C10H10BN6. The average molecular weight is 225 g/mol. The third kappa shape index (κ3) is 2.03. The highest BCUT2D eigenvalue weighted by Crippen LogP contribution is 2.16. The molecule has 6 nitrogen and oxygen atoms in total. The smallest absolute Gasteiger partial charge is 0.382 e. The van der Waals surface area contributed by atoms with E-state index in [0.717, 1.165) is 24.7 Å². The van der Waals surface area contributed by atoms with E-state index in [2.05, 4.69) is 29.6 Å². The summed E-state index contributed by atoms with van der Waals surface area (Å²) in [7, 11) is 2.00. The molecule has 0 saturated carbocycles. The van der Waals surface area contributed by atoms with Gasteiger partial charge >= 0.3 is 7.55 Å². The van der Waals surface area contributed by atoms with E-state index in [9.17, 15) is 0 Å². The molecule has 2 aromatic rings. The van der Waals surface area contributed by atoms with Crippen molar-refractivity contribution in [3.05, 3.63) is 37.2 Å². The molecular weight excluding hydrogens is 215 g/mol. The Hall–Kier alpha value is -2.18. The molecule has 1 aliphatic heterocycles. The van der Waals surface area contributed by atoms with E-state index < -0.39 is 0 Å². The van der Waals surface area contributed by atoms with Crippen LogP contribution in [0.4, 0.5) is 11.6 Å². The van der Waals surface area contributed by atoms with Crippen molar-refractivity contribution in [1.82, 2.24) is 19.9 Å². The van der Waals surface area contributed by atoms with E-state index in [1.165, 1.54) is 0 Å². The standard InChI is InChI=1S/C10H10BN6/c1-3-12-7-14-9(1)16-5-6-17(11-16)10-2-4-13-8-15-10/h1-4,7-8H,5-6H2. The molecule has 0 unspecified atom stereocenters. The van der Waals surface area contributed by atoms with Gasteiger partial charge in [-0.25, -0.2) is 19.9 Å². The van der Waals surface area contributed by atoms with Crippen LogP contribution in [-0.4, -0.2) is 40.6 Å². The quantitative estimate of drug-likeness (QED) is 0.677. The van der Waals surface area contributed by atoms with Crippen LogP contribution >= 0.6 is 0 Å². The molecule has 0 spiro atoms. The van der Waals surface area contributed by atoms with Crippen molar-refractivity contribution in [3.8, 4) is 0 Å². The monoisotopic (exact) mass is 225 g/mol. The van der Waals surface area contributed by atoms with Crippen LogP contribution in [0.1, 0.15) is 0 Å². The fourth-order valence-corrected chi connectivity index (χ4v) is 1.75. The molecule has 1 saturated heterocycles. The normalized spacial score (nSPS) is 14.8. The largest absolute Gasteiger partial charge is 0.394 e. The highest BCUT2D eigenvalue weighted by atomic mass is 15.3. The molecule has 0 aliphatic carbocycles. The summed E-state index contributed by atoms with van der Waals surface area (Å²) in [5, 5.41) is 0. The number of aromatic nitrogens is 4. The van der Waals surface area contributed by atoms with E-state index in [0.29, 0.717) is 0 Å². The van der Waals surface area contributed by atoms with Crippen LogP contribution in [0.2, 0.25) is 0 Å². The van der Waals surface area contributed by atoms with Gasteiger partial charge < -0.3 is 9.62 Å². The zero-order chi connectivity index (χ0) is 11.5. The topological polar surface area (TPSA) is 58.0 Å². The van der Waals surface area contributed by atoms with Gasteiger partial charge in [-0.3, -0.25) is 0 Å². The Morgan fingerprint density at radius 1 is 0.882 bits per heavy atom. The second-order valence-electron chi connectivity index (χ2n) is 3.64. The molecule has 3 heterocycles. The Kier molecular flexibility index (Phi) is 2.57. The van der Waals surface area contributed by atoms with Crippen LogP contribution in [-0.2, 0) is 0 Å². The lowest BCUT2D eigenvalue weighted by Gasteiger charge is -2.16. The Bertz CT molecular complexity index is 433. The van der Waals surface area contributed by atoms with Crippen molar-refractivity contribution < 1.29 is 0 Å². The zero-order valence-electron chi connectivity index (χ0n) is 9.14. The van der Waals surface area contributed by atoms with Crippen molar-refractivity contribution in [1.29, 1.82) is 0 Å². The summed E-state index contributed by atoms with van der Waals surface area (Å²) in [5.41, 5.74) is 0. The molecule has 1 radical (unpaired) electrons. The van der Waals surface area contributed by atoms with Gasteiger partial charge in [-0.05, 0) is 12.1 Å². The third-order valence-corrected chi connectivity index (χ3v) is 2.58. The number of hydrogen-bond acceptors (Lipinski definition) is 6. The molecule has 1 fully saturated rings. The first-order valence-electron chi connectivity index (χ1n) is 5.34. The van der Waals surface area contributed by atoms with Crippen molar-refractivity contribution >= 4 is 19.2 Å². The average Bonchev–Trinajstić information content (AvgIpc) is 2.90. The summed E-state index contributed by atoms with van der Waals surface area (Å²) >= 11 is 0. The Balaban J connectivity index is 1.75. The van der Waals surface area contributed by atoms with Gasteiger partial charge in [0.1, 0.15) is 24.3 Å². The van der Waals surface area contributed by atoms with E-state index in [1.807, 2.05) is 19.7 Å². The van der Waals surface area contributed by atoms with E-state index in [4.69, 9.17) is 0 Å². The Labute approximate surface area is 99.6 Å². The van der Waals surface area contributed by atoms with Gasteiger partial charge in [0.05, 0.1) is 0 Å². The second-order valence-corrected chi connectivity index (χ2v) is 3.64. The summed E-state index contributed by atoms with van der Waals surface area (Å²) in [6.07, 6.45) is 6.58. The summed E-state index contributed by atoms with van der Waals surface area (Å²) in [6.45, 7) is 1.78. The minimum atomic E-state index is 0.890.